The van der Waals surface area contributed by atoms with E-state index in [1.165, 1.54) is 14.2 Å². The van der Waals surface area contributed by atoms with Crippen LogP contribution < -0.4 is 10.5 Å². The topological polar surface area (TPSA) is 87.3 Å². The van der Waals surface area contributed by atoms with Gasteiger partial charge in [-0.25, -0.2) is 19.2 Å². The Kier molecular flexibility index (Phi) is 4.25. The van der Waals surface area contributed by atoms with Crippen molar-refractivity contribution in [3.63, 3.8) is 0 Å². The third-order valence-corrected chi connectivity index (χ3v) is 3.37. The summed E-state index contributed by atoms with van der Waals surface area (Å²) in [6.07, 6.45) is 0. The number of carbonyl (C=O) groups is 1. The van der Waals surface area contributed by atoms with Gasteiger partial charge in [-0.1, -0.05) is 6.07 Å². The maximum atomic E-state index is 14.4. The molecule has 1 aromatic heterocycles. The Hall–Kier alpha value is -2.70. The summed E-state index contributed by atoms with van der Waals surface area (Å²) in [6.45, 7) is 3.45. The summed E-state index contributed by atoms with van der Waals surface area (Å²) in [4.78, 5) is 19.9. The summed E-state index contributed by atoms with van der Waals surface area (Å²) in [5.41, 5.74) is 7.06. The molecule has 0 atom stereocenters. The molecule has 6 nitrogen and oxygen atoms in total. The molecule has 0 aliphatic rings. The van der Waals surface area contributed by atoms with Crippen molar-refractivity contribution in [2.75, 3.05) is 20.0 Å². The molecular weight excluding hydrogens is 289 g/mol. The van der Waals surface area contributed by atoms with Gasteiger partial charge in [0.25, 0.3) is 0 Å². The lowest BCUT2D eigenvalue weighted by atomic mass is 10.0. The van der Waals surface area contributed by atoms with Crippen molar-refractivity contribution >= 4 is 11.8 Å². The zero-order chi connectivity index (χ0) is 16.4. The van der Waals surface area contributed by atoms with E-state index in [0.29, 0.717) is 5.56 Å². The third-order valence-electron chi connectivity index (χ3n) is 3.37. The lowest BCUT2D eigenvalue weighted by molar-refractivity contribution is 0.0590. The molecule has 0 saturated heterocycles. The first-order chi connectivity index (χ1) is 10.4. The molecule has 0 spiro atoms. The molecule has 116 valence electrons. The Morgan fingerprint density at radius 3 is 2.50 bits per heavy atom. The molecular formula is C15H16FN3O3. The van der Waals surface area contributed by atoms with Crippen molar-refractivity contribution in [3.05, 3.63) is 34.8 Å². The van der Waals surface area contributed by atoms with E-state index in [1.807, 2.05) is 0 Å². The second kappa shape index (κ2) is 5.97. The zero-order valence-corrected chi connectivity index (χ0v) is 12.7. The lowest BCUT2D eigenvalue weighted by Gasteiger charge is -2.12. The minimum Gasteiger partial charge on any atom is -0.491 e. The Morgan fingerprint density at radius 1 is 1.23 bits per heavy atom. The molecule has 0 bridgehead atoms. The maximum Gasteiger partial charge on any atom is 0.360 e. The van der Waals surface area contributed by atoms with E-state index in [4.69, 9.17) is 10.5 Å². The van der Waals surface area contributed by atoms with Crippen molar-refractivity contribution in [2.24, 2.45) is 0 Å². The lowest BCUT2D eigenvalue weighted by Crippen LogP contribution is -2.12. The maximum absolute atomic E-state index is 14.4. The van der Waals surface area contributed by atoms with Crippen molar-refractivity contribution < 1.29 is 18.7 Å². The van der Waals surface area contributed by atoms with Crippen LogP contribution in [0.25, 0.3) is 11.4 Å². The molecule has 1 aromatic carbocycles. The fourth-order valence-corrected chi connectivity index (χ4v) is 1.98. The first-order valence-corrected chi connectivity index (χ1v) is 6.46. The van der Waals surface area contributed by atoms with Crippen LogP contribution in [0.4, 0.5) is 10.2 Å². The van der Waals surface area contributed by atoms with Gasteiger partial charge in [0, 0.05) is 0 Å². The van der Waals surface area contributed by atoms with Gasteiger partial charge in [-0.15, -0.1) is 0 Å². The van der Waals surface area contributed by atoms with E-state index >= 15 is 0 Å². The summed E-state index contributed by atoms with van der Waals surface area (Å²) in [5, 5.41) is 0. The van der Waals surface area contributed by atoms with Crippen LogP contribution in [0, 0.1) is 19.7 Å². The molecule has 2 N–H and O–H groups in total. The largest absolute Gasteiger partial charge is 0.491 e. The number of halogens is 1. The number of methoxy groups -OCH3 is 2. The number of carbonyl (C=O) groups excluding carboxylic acids is 1. The number of nitrogens with zero attached hydrogens (tertiary/aromatic N) is 2. The van der Waals surface area contributed by atoms with Crippen molar-refractivity contribution in [1.29, 1.82) is 0 Å². The van der Waals surface area contributed by atoms with E-state index in [0.717, 1.165) is 5.56 Å². The minimum atomic E-state index is -0.739. The van der Waals surface area contributed by atoms with E-state index in [9.17, 15) is 9.18 Å². The molecule has 0 aliphatic heterocycles. The molecule has 0 saturated carbocycles. The molecule has 1 heterocycles. The van der Waals surface area contributed by atoms with Crippen LogP contribution in [0.2, 0.25) is 0 Å². The predicted molar refractivity (Wildman–Crippen MR) is 79.2 cm³/mol. The number of aromatic nitrogens is 2. The highest BCUT2D eigenvalue weighted by Gasteiger charge is 2.22. The quantitative estimate of drug-likeness (QED) is 0.875. The zero-order valence-electron chi connectivity index (χ0n) is 12.7. The molecule has 22 heavy (non-hydrogen) atoms. The van der Waals surface area contributed by atoms with E-state index < -0.39 is 11.8 Å². The van der Waals surface area contributed by atoms with Gasteiger partial charge in [0.15, 0.2) is 23.1 Å². The Bertz CT molecular complexity index is 747. The molecule has 0 unspecified atom stereocenters. The van der Waals surface area contributed by atoms with Crippen LogP contribution in [-0.2, 0) is 4.74 Å². The number of anilines is 1. The van der Waals surface area contributed by atoms with Crippen LogP contribution >= 0.6 is 0 Å². The first-order valence-electron chi connectivity index (χ1n) is 6.46. The van der Waals surface area contributed by atoms with Crippen LogP contribution in [0.1, 0.15) is 21.6 Å². The number of hydrogen-bond acceptors (Lipinski definition) is 6. The predicted octanol–water partition coefficient (Wildman–Crippen LogP) is 2.28. The molecule has 7 heteroatoms. The van der Waals surface area contributed by atoms with E-state index in [1.54, 1.807) is 26.0 Å². The first kappa shape index (κ1) is 15.7. The highest BCUT2D eigenvalue weighted by molar-refractivity contribution is 5.92. The van der Waals surface area contributed by atoms with Gasteiger partial charge in [0.05, 0.1) is 19.8 Å². The molecule has 2 rings (SSSR count). The van der Waals surface area contributed by atoms with Gasteiger partial charge in [-0.3, -0.25) is 0 Å². The van der Waals surface area contributed by atoms with Gasteiger partial charge in [0.2, 0.25) is 0 Å². The van der Waals surface area contributed by atoms with Gasteiger partial charge in [-0.05, 0) is 31.0 Å². The van der Waals surface area contributed by atoms with Gasteiger partial charge in [0.1, 0.15) is 5.82 Å². The van der Waals surface area contributed by atoms with Gasteiger partial charge < -0.3 is 15.2 Å². The summed E-state index contributed by atoms with van der Waals surface area (Å²) in [5.74, 6) is -1.26. The Balaban J connectivity index is 2.70. The van der Waals surface area contributed by atoms with Crippen LogP contribution in [0.15, 0.2) is 12.1 Å². The number of rotatable bonds is 3. The summed E-state index contributed by atoms with van der Waals surface area (Å²) in [6, 6.07) is 3.29. The SMILES string of the molecule is COC(=O)c1nc(-c2ccc(C)c(C)c2F)nc(N)c1OC. The fraction of sp³-hybridized carbons (Fsp3) is 0.267. The number of nitrogens with two attached hydrogens (primary N) is 1. The van der Waals surface area contributed by atoms with Crippen LogP contribution in [0.5, 0.6) is 5.75 Å². The van der Waals surface area contributed by atoms with E-state index in [2.05, 4.69) is 14.7 Å². The number of hydrogen-bond donors (Lipinski definition) is 1. The standard InChI is InChI=1S/C15H16FN3O3/c1-7-5-6-9(10(16)8(7)2)14-18-11(15(20)22-4)12(21-3)13(17)19-14/h5-6H,1-4H3,(H2,17,18,19). The second-order valence-electron chi connectivity index (χ2n) is 4.67. The van der Waals surface area contributed by atoms with E-state index in [-0.39, 0.29) is 28.6 Å². The summed E-state index contributed by atoms with van der Waals surface area (Å²) < 4.78 is 24.1. The molecule has 0 aliphatic carbocycles. The normalized spacial score (nSPS) is 10.4. The number of ether oxygens (including phenoxy) is 2. The monoisotopic (exact) mass is 305 g/mol. The Morgan fingerprint density at radius 2 is 1.91 bits per heavy atom. The Labute approximate surface area is 127 Å². The second-order valence-corrected chi connectivity index (χ2v) is 4.67. The smallest absolute Gasteiger partial charge is 0.360 e. The number of esters is 1. The van der Waals surface area contributed by atoms with Crippen LogP contribution in [-0.4, -0.2) is 30.2 Å². The average molecular weight is 305 g/mol. The number of aryl methyl sites for hydroxylation is 1. The van der Waals surface area contributed by atoms with Gasteiger partial charge in [-0.2, -0.15) is 0 Å². The van der Waals surface area contributed by atoms with Crippen LogP contribution in [0.3, 0.4) is 0 Å². The molecule has 0 amide bonds. The third kappa shape index (κ3) is 2.57. The average Bonchev–Trinajstić information content (AvgIpc) is 2.51. The van der Waals surface area contributed by atoms with Gasteiger partial charge >= 0.3 is 5.97 Å². The minimum absolute atomic E-state index is 0.000146. The molecule has 2 aromatic rings. The highest BCUT2D eigenvalue weighted by atomic mass is 19.1. The fourth-order valence-electron chi connectivity index (χ4n) is 1.98. The summed E-state index contributed by atoms with van der Waals surface area (Å²) in [7, 11) is 2.54. The number of nitrogen functional groups attached to an aromatic ring is 1. The molecule has 0 radical (unpaired) electrons. The summed E-state index contributed by atoms with van der Waals surface area (Å²) >= 11 is 0. The molecule has 0 fully saturated rings. The highest BCUT2D eigenvalue weighted by Crippen LogP contribution is 2.30. The number of benzene rings is 1. The van der Waals surface area contributed by atoms with Crippen molar-refractivity contribution in [3.8, 4) is 17.1 Å². The van der Waals surface area contributed by atoms with Crippen molar-refractivity contribution in [1.82, 2.24) is 9.97 Å². The van der Waals surface area contributed by atoms with Crippen molar-refractivity contribution in [2.45, 2.75) is 13.8 Å².